The summed E-state index contributed by atoms with van der Waals surface area (Å²) in [7, 11) is 1.91. The summed E-state index contributed by atoms with van der Waals surface area (Å²) in [6, 6.07) is 13.6. The fourth-order valence-corrected chi connectivity index (χ4v) is 3.55. The third-order valence-corrected chi connectivity index (χ3v) is 5.26. The smallest absolute Gasteiger partial charge is 0.203 e. The molecule has 0 saturated heterocycles. The van der Waals surface area contributed by atoms with Gasteiger partial charge in [0.15, 0.2) is 5.78 Å². The molecule has 0 bridgehead atoms. The summed E-state index contributed by atoms with van der Waals surface area (Å²) < 4.78 is 4.66. The SMILES string of the molecule is Cn1c(=N)n(CC(=O)c2ccc(Br)cc2)c2cccc(C3CC3)c21. The predicted molar refractivity (Wildman–Crippen MR) is 97.2 cm³/mol. The molecule has 4 rings (SSSR count). The molecule has 1 aromatic heterocycles. The molecular weight excluding hydrogens is 366 g/mol. The second kappa shape index (κ2) is 5.74. The van der Waals surface area contributed by atoms with Gasteiger partial charge in [0.05, 0.1) is 17.6 Å². The lowest BCUT2D eigenvalue weighted by molar-refractivity contribution is 0.0971. The van der Waals surface area contributed by atoms with Crippen LogP contribution in [0.2, 0.25) is 0 Å². The van der Waals surface area contributed by atoms with E-state index in [2.05, 4.69) is 22.0 Å². The largest absolute Gasteiger partial charge is 0.313 e. The normalized spacial score (nSPS) is 14.2. The van der Waals surface area contributed by atoms with Gasteiger partial charge in [0, 0.05) is 17.1 Å². The van der Waals surface area contributed by atoms with Crippen LogP contribution >= 0.6 is 15.9 Å². The van der Waals surface area contributed by atoms with E-state index in [0.29, 0.717) is 17.1 Å². The molecule has 1 heterocycles. The van der Waals surface area contributed by atoms with Crippen molar-refractivity contribution in [2.24, 2.45) is 7.05 Å². The van der Waals surface area contributed by atoms with E-state index in [-0.39, 0.29) is 12.3 Å². The van der Waals surface area contributed by atoms with Crippen molar-refractivity contribution in [3.63, 3.8) is 0 Å². The molecule has 1 saturated carbocycles. The number of aromatic nitrogens is 2. The number of fused-ring (bicyclic) bond motifs is 1. The van der Waals surface area contributed by atoms with Gasteiger partial charge in [-0.1, -0.05) is 40.2 Å². The zero-order chi connectivity index (χ0) is 16.8. The lowest BCUT2D eigenvalue weighted by atomic mass is 10.1. The van der Waals surface area contributed by atoms with Crippen LogP contribution in [0, 0.1) is 5.41 Å². The number of nitrogens with zero attached hydrogens (tertiary/aromatic N) is 2. The highest BCUT2D eigenvalue weighted by molar-refractivity contribution is 9.10. The Morgan fingerprint density at radius 1 is 1.21 bits per heavy atom. The van der Waals surface area contributed by atoms with Crippen LogP contribution in [0.25, 0.3) is 11.0 Å². The number of para-hydroxylation sites is 1. The van der Waals surface area contributed by atoms with Crippen LogP contribution in [0.15, 0.2) is 46.9 Å². The van der Waals surface area contributed by atoms with Gasteiger partial charge in [-0.2, -0.15) is 0 Å². The van der Waals surface area contributed by atoms with Gasteiger partial charge in [0.1, 0.15) is 0 Å². The molecule has 122 valence electrons. The first-order chi connectivity index (χ1) is 11.6. The van der Waals surface area contributed by atoms with E-state index in [1.165, 1.54) is 18.4 Å². The molecule has 5 heteroatoms. The van der Waals surface area contributed by atoms with Crippen molar-refractivity contribution in [3.05, 3.63) is 63.7 Å². The van der Waals surface area contributed by atoms with E-state index in [4.69, 9.17) is 5.41 Å². The van der Waals surface area contributed by atoms with E-state index in [9.17, 15) is 4.79 Å². The molecule has 1 aliphatic carbocycles. The minimum atomic E-state index is 0.0188. The Labute approximate surface area is 148 Å². The summed E-state index contributed by atoms with van der Waals surface area (Å²) in [4.78, 5) is 12.6. The average Bonchev–Trinajstić information content (AvgIpc) is 3.40. The van der Waals surface area contributed by atoms with Crippen LogP contribution < -0.4 is 5.62 Å². The minimum Gasteiger partial charge on any atom is -0.313 e. The van der Waals surface area contributed by atoms with Crippen LogP contribution in [0.5, 0.6) is 0 Å². The number of halogens is 1. The summed E-state index contributed by atoms with van der Waals surface area (Å²) in [6.07, 6.45) is 2.44. The molecule has 0 unspecified atom stereocenters. The van der Waals surface area contributed by atoms with Crippen molar-refractivity contribution < 1.29 is 4.79 Å². The summed E-state index contributed by atoms with van der Waals surface area (Å²) in [6.45, 7) is 0.186. The lowest BCUT2D eigenvalue weighted by Crippen LogP contribution is -2.25. The van der Waals surface area contributed by atoms with Gasteiger partial charge in [0.25, 0.3) is 0 Å². The summed E-state index contributed by atoms with van der Waals surface area (Å²) in [5.41, 5.74) is 4.40. The Bertz CT molecular complexity index is 994. The highest BCUT2D eigenvalue weighted by Crippen LogP contribution is 2.42. The summed E-state index contributed by atoms with van der Waals surface area (Å²) in [5, 5.41) is 8.44. The first-order valence-corrected chi connectivity index (χ1v) is 8.87. The number of imidazole rings is 1. The van der Waals surface area contributed by atoms with Gasteiger partial charge in [-0.25, -0.2) is 0 Å². The molecule has 1 N–H and O–H groups in total. The molecule has 1 aliphatic rings. The molecule has 0 atom stereocenters. The number of hydrogen-bond donors (Lipinski definition) is 1. The van der Waals surface area contributed by atoms with Gasteiger partial charge in [-0.3, -0.25) is 10.2 Å². The van der Waals surface area contributed by atoms with E-state index in [1.54, 1.807) is 0 Å². The number of Topliss-reactive ketones (excluding diaryl/α,β-unsaturated/α-hetero) is 1. The van der Waals surface area contributed by atoms with Crippen molar-refractivity contribution in [2.75, 3.05) is 0 Å². The number of aryl methyl sites for hydroxylation is 1. The number of ketones is 1. The Balaban J connectivity index is 1.78. The monoisotopic (exact) mass is 383 g/mol. The van der Waals surface area contributed by atoms with Crippen LogP contribution in [0.3, 0.4) is 0 Å². The van der Waals surface area contributed by atoms with Crippen molar-refractivity contribution in [2.45, 2.75) is 25.3 Å². The topological polar surface area (TPSA) is 50.8 Å². The Hall–Kier alpha value is -2.14. The zero-order valence-corrected chi connectivity index (χ0v) is 15.0. The van der Waals surface area contributed by atoms with Crippen molar-refractivity contribution in [3.8, 4) is 0 Å². The van der Waals surface area contributed by atoms with Gasteiger partial charge in [0.2, 0.25) is 5.62 Å². The third kappa shape index (κ3) is 2.53. The molecule has 0 aliphatic heterocycles. The number of carbonyl (C=O) groups is 1. The average molecular weight is 384 g/mol. The van der Waals surface area contributed by atoms with E-state index < -0.39 is 0 Å². The van der Waals surface area contributed by atoms with Crippen LogP contribution in [-0.2, 0) is 13.6 Å². The Kier molecular flexibility index (Phi) is 3.68. The standard InChI is InChI=1S/C19H18BrN3O/c1-22-18-15(12-5-6-12)3-2-4-16(18)23(19(22)21)11-17(24)13-7-9-14(20)10-8-13/h2-4,7-10,12,21H,5-6,11H2,1H3. The maximum atomic E-state index is 12.6. The summed E-state index contributed by atoms with van der Waals surface area (Å²) >= 11 is 3.39. The van der Waals surface area contributed by atoms with Crippen LogP contribution in [-0.4, -0.2) is 14.9 Å². The number of carbonyl (C=O) groups excluding carboxylic acids is 1. The molecule has 24 heavy (non-hydrogen) atoms. The van der Waals surface area contributed by atoms with Gasteiger partial charge in [-0.05, 0) is 42.5 Å². The number of nitrogens with one attached hydrogen (secondary N) is 1. The van der Waals surface area contributed by atoms with E-state index in [0.717, 1.165) is 15.5 Å². The van der Waals surface area contributed by atoms with Gasteiger partial charge < -0.3 is 9.13 Å². The number of rotatable bonds is 4. The first kappa shape index (κ1) is 15.4. The molecule has 1 fully saturated rings. The highest BCUT2D eigenvalue weighted by atomic mass is 79.9. The number of hydrogen-bond acceptors (Lipinski definition) is 2. The predicted octanol–water partition coefficient (Wildman–Crippen LogP) is 3.98. The molecule has 2 aromatic carbocycles. The minimum absolute atomic E-state index is 0.0188. The fourth-order valence-electron chi connectivity index (χ4n) is 3.29. The highest BCUT2D eigenvalue weighted by Gasteiger charge is 2.27. The van der Waals surface area contributed by atoms with Crippen molar-refractivity contribution in [1.82, 2.24) is 9.13 Å². The molecule has 0 radical (unpaired) electrons. The summed E-state index contributed by atoms with van der Waals surface area (Å²) in [5.74, 6) is 0.627. The molecule has 0 spiro atoms. The first-order valence-electron chi connectivity index (χ1n) is 8.08. The molecule has 3 aromatic rings. The van der Waals surface area contributed by atoms with E-state index >= 15 is 0 Å². The second-order valence-electron chi connectivity index (χ2n) is 6.39. The van der Waals surface area contributed by atoms with Gasteiger partial charge >= 0.3 is 0 Å². The van der Waals surface area contributed by atoms with Crippen molar-refractivity contribution >= 4 is 32.7 Å². The molecular formula is C19H18BrN3O. The maximum Gasteiger partial charge on any atom is 0.203 e. The Morgan fingerprint density at radius 3 is 2.58 bits per heavy atom. The molecule has 0 amide bonds. The Morgan fingerprint density at radius 2 is 1.92 bits per heavy atom. The second-order valence-corrected chi connectivity index (χ2v) is 7.30. The van der Waals surface area contributed by atoms with Gasteiger partial charge in [-0.15, -0.1) is 0 Å². The quantitative estimate of drug-likeness (QED) is 0.680. The van der Waals surface area contributed by atoms with Crippen LogP contribution in [0.4, 0.5) is 0 Å². The number of benzene rings is 2. The lowest BCUT2D eigenvalue weighted by Gasteiger charge is -2.06. The fraction of sp³-hybridized carbons (Fsp3) is 0.263. The molecule has 4 nitrogen and oxygen atoms in total. The third-order valence-electron chi connectivity index (χ3n) is 4.73. The maximum absolute atomic E-state index is 12.6. The zero-order valence-electron chi connectivity index (χ0n) is 13.4. The van der Waals surface area contributed by atoms with Crippen molar-refractivity contribution in [1.29, 1.82) is 5.41 Å². The van der Waals surface area contributed by atoms with E-state index in [1.807, 2.05) is 52.6 Å². The van der Waals surface area contributed by atoms with Crippen LogP contribution in [0.1, 0.15) is 34.7 Å².